The predicted molar refractivity (Wildman–Crippen MR) is 74.6 cm³/mol. The zero-order chi connectivity index (χ0) is 13.2. The standard InChI is InChI=1S/C12H19N5OS/c1-8-15-16-12(19-8)17-6-10(7-17)14-11(18)13-9-4-2-3-5-9/h9-10H,2-7H2,1H3,(H2,13,14,18). The maximum Gasteiger partial charge on any atom is 0.315 e. The molecular formula is C12H19N5OS. The average molecular weight is 281 g/mol. The highest BCUT2D eigenvalue weighted by Gasteiger charge is 2.30. The van der Waals surface area contributed by atoms with Crippen LogP contribution in [0.5, 0.6) is 0 Å². The lowest BCUT2D eigenvalue weighted by molar-refractivity contribution is 0.230. The number of urea groups is 1. The van der Waals surface area contributed by atoms with Gasteiger partial charge in [-0.3, -0.25) is 0 Å². The number of carbonyl (C=O) groups is 1. The van der Waals surface area contributed by atoms with Gasteiger partial charge in [-0.15, -0.1) is 10.2 Å². The van der Waals surface area contributed by atoms with E-state index < -0.39 is 0 Å². The highest BCUT2D eigenvalue weighted by molar-refractivity contribution is 7.15. The summed E-state index contributed by atoms with van der Waals surface area (Å²) in [6, 6.07) is 0.581. The summed E-state index contributed by atoms with van der Waals surface area (Å²) in [5.41, 5.74) is 0. The van der Waals surface area contributed by atoms with Gasteiger partial charge < -0.3 is 15.5 Å². The molecule has 3 rings (SSSR count). The normalized spacial score (nSPS) is 20.4. The van der Waals surface area contributed by atoms with Crippen molar-refractivity contribution in [2.24, 2.45) is 0 Å². The average Bonchev–Trinajstić information content (AvgIpc) is 2.94. The number of aromatic nitrogens is 2. The summed E-state index contributed by atoms with van der Waals surface area (Å²) in [4.78, 5) is 13.9. The molecule has 1 saturated heterocycles. The van der Waals surface area contributed by atoms with Crippen molar-refractivity contribution in [1.29, 1.82) is 0 Å². The Balaban J connectivity index is 1.40. The van der Waals surface area contributed by atoms with Gasteiger partial charge in [0.05, 0.1) is 6.04 Å². The highest BCUT2D eigenvalue weighted by Crippen LogP contribution is 2.24. The minimum Gasteiger partial charge on any atom is -0.342 e. The largest absolute Gasteiger partial charge is 0.342 e. The zero-order valence-corrected chi connectivity index (χ0v) is 11.9. The number of anilines is 1. The first-order chi connectivity index (χ1) is 9.20. The summed E-state index contributed by atoms with van der Waals surface area (Å²) in [6.45, 7) is 3.60. The summed E-state index contributed by atoms with van der Waals surface area (Å²) in [5.74, 6) is 0. The quantitative estimate of drug-likeness (QED) is 0.875. The van der Waals surface area contributed by atoms with E-state index in [1.807, 2.05) is 6.92 Å². The number of nitrogens with one attached hydrogen (secondary N) is 2. The number of rotatable bonds is 3. The van der Waals surface area contributed by atoms with Crippen LogP contribution < -0.4 is 15.5 Å². The molecule has 1 aliphatic heterocycles. The van der Waals surface area contributed by atoms with Crippen LogP contribution >= 0.6 is 11.3 Å². The Bertz CT molecular complexity index is 451. The number of amides is 2. The lowest BCUT2D eigenvalue weighted by Gasteiger charge is -2.39. The second kappa shape index (κ2) is 5.32. The highest BCUT2D eigenvalue weighted by atomic mass is 32.1. The number of hydrogen-bond acceptors (Lipinski definition) is 5. The van der Waals surface area contributed by atoms with Gasteiger partial charge in [-0.2, -0.15) is 0 Å². The summed E-state index contributed by atoms with van der Waals surface area (Å²) < 4.78 is 0. The Kier molecular flexibility index (Phi) is 3.54. The molecule has 2 amide bonds. The van der Waals surface area contributed by atoms with Crippen LogP contribution in [-0.4, -0.2) is 41.4 Å². The van der Waals surface area contributed by atoms with E-state index in [2.05, 4.69) is 25.7 Å². The molecule has 2 aliphatic rings. The Labute approximate surface area is 116 Å². The van der Waals surface area contributed by atoms with Crippen LogP contribution in [0, 0.1) is 6.92 Å². The molecule has 6 nitrogen and oxygen atoms in total. The smallest absolute Gasteiger partial charge is 0.315 e. The minimum atomic E-state index is -0.0232. The number of nitrogens with zero attached hydrogens (tertiary/aromatic N) is 3. The van der Waals surface area contributed by atoms with E-state index >= 15 is 0 Å². The van der Waals surface area contributed by atoms with Crippen LogP contribution in [0.2, 0.25) is 0 Å². The summed E-state index contributed by atoms with van der Waals surface area (Å²) >= 11 is 1.59. The first-order valence-corrected chi connectivity index (χ1v) is 7.64. The maximum atomic E-state index is 11.8. The molecule has 1 aromatic heterocycles. The van der Waals surface area contributed by atoms with Crippen LogP contribution in [0.15, 0.2) is 0 Å². The second-order valence-corrected chi connectivity index (χ2v) is 6.46. The van der Waals surface area contributed by atoms with Crippen molar-refractivity contribution in [3.8, 4) is 0 Å². The van der Waals surface area contributed by atoms with Gasteiger partial charge in [-0.25, -0.2) is 4.79 Å². The molecule has 0 atom stereocenters. The van der Waals surface area contributed by atoms with E-state index in [1.165, 1.54) is 12.8 Å². The molecule has 0 bridgehead atoms. The molecule has 0 radical (unpaired) electrons. The van der Waals surface area contributed by atoms with Gasteiger partial charge >= 0.3 is 6.03 Å². The molecule has 0 unspecified atom stereocenters. The van der Waals surface area contributed by atoms with Crippen LogP contribution in [0.25, 0.3) is 0 Å². The van der Waals surface area contributed by atoms with Crippen molar-refractivity contribution in [3.05, 3.63) is 5.01 Å². The predicted octanol–water partition coefficient (Wildman–Crippen LogP) is 1.28. The molecule has 19 heavy (non-hydrogen) atoms. The lowest BCUT2D eigenvalue weighted by atomic mass is 10.1. The molecule has 1 saturated carbocycles. The van der Waals surface area contributed by atoms with Crippen molar-refractivity contribution in [3.63, 3.8) is 0 Å². The van der Waals surface area contributed by atoms with Gasteiger partial charge in [0.2, 0.25) is 5.13 Å². The first-order valence-electron chi connectivity index (χ1n) is 6.83. The van der Waals surface area contributed by atoms with Gasteiger partial charge in [-0.05, 0) is 19.8 Å². The third-order valence-electron chi connectivity index (χ3n) is 3.69. The van der Waals surface area contributed by atoms with E-state index in [9.17, 15) is 4.79 Å². The van der Waals surface area contributed by atoms with Crippen molar-refractivity contribution in [2.45, 2.75) is 44.7 Å². The SMILES string of the molecule is Cc1nnc(N2CC(NC(=O)NC3CCCC3)C2)s1. The lowest BCUT2D eigenvalue weighted by Crippen LogP contribution is -2.61. The fraction of sp³-hybridized carbons (Fsp3) is 0.750. The summed E-state index contributed by atoms with van der Waals surface area (Å²) in [6.07, 6.45) is 4.71. The summed E-state index contributed by atoms with van der Waals surface area (Å²) in [5, 5.41) is 16.1. The Morgan fingerprint density at radius 3 is 2.53 bits per heavy atom. The number of aryl methyl sites for hydroxylation is 1. The van der Waals surface area contributed by atoms with Crippen LogP contribution in [0.3, 0.4) is 0 Å². The molecular weight excluding hydrogens is 262 g/mol. The van der Waals surface area contributed by atoms with Gasteiger partial charge in [-0.1, -0.05) is 24.2 Å². The molecule has 1 aromatic rings. The van der Waals surface area contributed by atoms with Crippen molar-refractivity contribution >= 4 is 22.5 Å². The van der Waals surface area contributed by atoms with Crippen LogP contribution in [0.1, 0.15) is 30.7 Å². The van der Waals surface area contributed by atoms with Crippen molar-refractivity contribution in [2.75, 3.05) is 18.0 Å². The topological polar surface area (TPSA) is 70.2 Å². The molecule has 0 aromatic carbocycles. The molecule has 1 aliphatic carbocycles. The van der Waals surface area contributed by atoms with Gasteiger partial charge in [0.15, 0.2) is 0 Å². The maximum absolute atomic E-state index is 11.8. The van der Waals surface area contributed by atoms with Crippen molar-refractivity contribution in [1.82, 2.24) is 20.8 Å². The van der Waals surface area contributed by atoms with E-state index in [-0.39, 0.29) is 12.1 Å². The first kappa shape index (κ1) is 12.7. The Morgan fingerprint density at radius 1 is 1.21 bits per heavy atom. The number of hydrogen-bond donors (Lipinski definition) is 2. The third kappa shape index (κ3) is 2.97. The zero-order valence-electron chi connectivity index (χ0n) is 11.1. The summed E-state index contributed by atoms with van der Waals surface area (Å²) in [7, 11) is 0. The van der Waals surface area contributed by atoms with E-state index in [1.54, 1.807) is 11.3 Å². The molecule has 7 heteroatoms. The van der Waals surface area contributed by atoms with Gasteiger partial charge in [0, 0.05) is 19.1 Å². The minimum absolute atomic E-state index is 0.0232. The Hall–Kier alpha value is -1.37. The van der Waals surface area contributed by atoms with E-state index in [0.29, 0.717) is 6.04 Å². The van der Waals surface area contributed by atoms with Gasteiger partial charge in [0.1, 0.15) is 5.01 Å². The fourth-order valence-corrected chi connectivity index (χ4v) is 3.33. The van der Waals surface area contributed by atoms with Crippen LogP contribution in [-0.2, 0) is 0 Å². The monoisotopic (exact) mass is 281 g/mol. The molecule has 2 N–H and O–H groups in total. The van der Waals surface area contributed by atoms with Crippen LogP contribution in [0.4, 0.5) is 9.93 Å². The molecule has 2 heterocycles. The molecule has 2 fully saturated rings. The van der Waals surface area contributed by atoms with E-state index in [0.717, 1.165) is 36.1 Å². The Morgan fingerprint density at radius 2 is 1.89 bits per heavy atom. The molecule has 0 spiro atoms. The van der Waals surface area contributed by atoms with Crippen molar-refractivity contribution < 1.29 is 4.79 Å². The third-order valence-corrected chi connectivity index (χ3v) is 4.59. The number of carbonyl (C=O) groups excluding carboxylic acids is 1. The van der Waals surface area contributed by atoms with E-state index in [4.69, 9.17) is 0 Å². The second-order valence-electron chi connectivity index (χ2n) is 5.30. The molecule has 104 valence electrons. The fourth-order valence-electron chi connectivity index (χ4n) is 2.62. The van der Waals surface area contributed by atoms with Gasteiger partial charge in [0.25, 0.3) is 0 Å².